The van der Waals surface area contributed by atoms with Gasteiger partial charge >= 0.3 is 12.1 Å². The maximum atomic E-state index is 12.6. The first-order valence-corrected chi connectivity index (χ1v) is 9.00. The second-order valence-electron chi connectivity index (χ2n) is 6.49. The molecule has 0 spiro atoms. The number of nitroso groups, excluding NO2 is 1. The highest BCUT2D eigenvalue weighted by molar-refractivity contribution is 6.00. The normalized spacial score (nSPS) is 14.4. The summed E-state index contributed by atoms with van der Waals surface area (Å²) < 4.78 is 9.77. The Labute approximate surface area is 168 Å². The van der Waals surface area contributed by atoms with E-state index in [1.54, 1.807) is 0 Å². The summed E-state index contributed by atoms with van der Waals surface area (Å²) in [6.07, 6.45) is 2.78. The molecule has 0 unspecified atom stereocenters. The first-order chi connectivity index (χ1) is 13.8. The second kappa shape index (κ2) is 10.2. The van der Waals surface area contributed by atoms with Crippen LogP contribution >= 0.6 is 0 Å². The van der Waals surface area contributed by atoms with Gasteiger partial charge in [0.2, 0.25) is 0 Å². The van der Waals surface area contributed by atoms with Crippen LogP contribution in [0.25, 0.3) is 0 Å². The zero-order valence-corrected chi connectivity index (χ0v) is 16.5. The van der Waals surface area contributed by atoms with E-state index in [0.29, 0.717) is 5.57 Å². The monoisotopic (exact) mass is 401 g/mol. The van der Waals surface area contributed by atoms with Crippen molar-refractivity contribution in [3.05, 3.63) is 52.0 Å². The minimum atomic E-state index is -1.09. The van der Waals surface area contributed by atoms with Crippen molar-refractivity contribution >= 4 is 23.7 Å². The van der Waals surface area contributed by atoms with E-state index < -0.39 is 24.0 Å². The summed E-state index contributed by atoms with van der Waals surface area (Å²) in [7, 11) is 1.19. The van der Waals surface area contributed by atoms with Crippen LogP contribution in [0.4, 0.5) is 10.5 Å². The Kier molecular flexibility index (Phi) is 7.64. The molecule has 2 N–H and O–H groups in total. The fourth-order valence-corrected chi connectivity index (χ4v) is 2.91. The van der Waals surface area contributed by atoms with Crippen molar-refractivity contribution in [2.24, 2.45) is 5.18 Å². The van der Waals surface area contributed by atoms with Gasteiger partial charge in [-0.2, -0.15) is 0 Å². The van der Waals surface area contributed by atoms with Crippen molar-refractivity contribution in [1.82, 2.24) is 10.6 Å². The molecular formula is C20H23N3O6. The van der Waals surface area contributed by atoms with Crippen LogP contribution in [0.1, 0.15) is 26.7 Å². The van der Waals surface area contributed by atoms with Gasteiger partial charge in [0.25, 0.3) is 5.91 Å². The Bertz CT molecular complexity index is 857. The number of esters is 1. The molecule has 9 heteroatoms. The van der Waals surface area contributed by atoms with Crippen molar-refractivity contribution < 1.29 is 23.9 Å². The van der Waals surface area contributed by atoms with Gasteiger partial charge in [-0.15, -0.1) is 4.91 Å². The summed E-state index contributed by atoms with van der Waals surface area (Å²) in [6, 6.07) is 4.51. The third kappa shape index (κ3) is 6.00. The van der Waals surface area contributed by atoms with Gasteiger partial charge in [-0.1, -0.05) is 11.6 Å². The lowest BCUT2D eigenvalue weighted by Crippen LogP contribution is -2.50. The van der Waals surface area contributed by atoms with Crippen LogP contribution in [0.3, 0.4) is 0 Å². The highest BCUT2D eigenvalue weighted by Crippen LogP contribution is 2.24. The number of rotatable bonds is 7. The first-order valence-electron chi connectivity index (χ1n) is 9.00. The summed E-state index contributed by atoms with van der Waals surface area (Å²) in [6.45, 7) is 3.49. The average Bonchev–Trinajstić information content (AvgIpc) is 2.71. The van der Waals surface area contributed by atoms with Gasteiger partial charge in [0.15, 0.2) is 0 Å². The molecule has 1 aliphatic rings. The van der Waals surface area contributed by atoms with Gasteiger partial charge in [0.05, 0.1) is 13.7 Å². The van der Waals surface area contributed by atoms with E-state index in [1.165, 1.54) is 31.4 Å². The number of hydrogen-bond donors (Lipinski definition) is 2. The fraction of sp³-hybridized carbons (Fsp3) is 0.350. The number of allylic oxidation sites excluding steroid dienone is 2. The van der Waals surface area contributed by atoms with E-state index in [0.717, 1.165) is 24.0 Å². The average molecular weight is 401 g/mol. The van der Waals surface area contributed by atoms with Gasteiger partial charge in [-0.3, -0.25) is 4.79 Å². The van der Waals surface area contributed by atoms with E-state index in [2.05, 4.69) is 15.8 Å². The van der Waals surface area contributed by atoms with Crippen molar-refractivity contribution in [3.8, 4) is 5.75 Å². The first kappa shape index (κ1) is 21.8. The van der Waals surface area contributed by atoms with E-state index >= 15 is 0 Å². The standard InChI is InChI=1S/C20H23N3O6/c1-12-5-4-6-13(2)17(12)18(24)22-16(19(25)28-3)11-21-20(26)29-15-9-7-14(23-27)8-10-15/h5,7-10,16H,4,6,11H2,1-3H3,(H,21,26)(H,22,24)/t16-/m0/s1. The van der Waals surface area contributed by atoms with E-state index in [9.17, 15) is 19.3 Å². The molecule has 1 aromatic rings. The molecule has 2 amide bonds. The van der Waals surface area contributed by atoms with Crippen molar-refractivity contribution in [2.45, 2.75) is 32.7 Å². The molecule has 1 aliphatic carbocycles. The van der Waals surface area contributed by atoms with Crippen LogP contribution in [0.15, 0.2) is 52.2 Å². The molecule has 29 heavy (non-hydrogen) atoms. The van der Waals surface area contributed by atoms with Crippen molar-refractivity contribution in [1.29, 1.82) is 0 Å². The number of nitrogens with zero attached hydrogens (tertiary/aromatic N) is 1. The summed E-state index contributed by atoms with van der Waals surface area (Å²) in [5, 5.41) is 7.77. The lowest BCUT2D eigenvalue weighted by atomic mass is 9.92. The number of ether oxygens (including phenoxy) is 2. The second-order valence-corrected chi connectivity index (χ2v) is 6.49. The summed E-state index contributed by atoms with van der Waals surface area (Å²) in [5.41, 5.74) is 2.52. The van der Waals surface area contributed by atoms with Crippen LogP contribution in [0.5, 0.6) is 5.75 Å². The maximum Gasteiger partial charge on any atom is 0.412 e. The molecule has 9 nitrogen and oxygen atoms in total. The number of hydrogen-bond acceptors (Lipinski definition) is 7. The van der Waals surface area contributed by atoms with Crippen LogP contribution in [0.2, 0.25) is 0 Å². The zero-order valence-electron chi connectivity index (χ0n) is 16.5. The number of nitrogens with one attached hydrogen (secondary N) is 2. The van der Waals surface area contributed by atoms with Gasteiger partial charge in [0.1, 0.15) is 17.5 Å². The molecule has 0 aliphatic heterocycles. The van der Waals surface area contributed by atoms with Gasteiger partial charge in [0, 0.05) is 5.57 Å². The van der Waals surface area contributed by atoms with E-state index in [4.69, 9.17) is 9.47 Å². The van der Waals surface area contributed by atoms with Crippen LogP contribution < -0.4 is 15.4 Å². The quantitative estimate of drug-likeness (QED) is 0.535. The predicted octanol–water partition coefficient (Wildman–Crippen LogP) is 2.89. The number of methoxy groups -OCH3 is 1. The van der Waals surface area contributed by atoms with Crippen LogP contribution in [-0.2, 0) is 14.3 Å². The fourth-order valence-electron chi connectivity index (χ4n) is 2.91. The summed E-state index contributed by atoms with van der Waals surface area (Å²) >= 11 is 0. The smallest absolute Gasteiger partial charge is 0.412 e. The number of benzene rings is 1. The van der Waals surface area contributed by atoms with E-state index in [-0.39, 0.29) is 18.0 Å². The Morgan fingerprint density at radius 1 is 1.17 bits per heavy atom. The van der Waals surface area contributed by atoms with E-state index in [1.807, 2.05) is 19.9 Å². The lowest BCUT2D eigenvalue weighted by Gasteiger charge is -2.21. The van der Waals surface area contributed by atoms with Crippen LogP contribution in [0, 0.1) is 4.91 Å². The maximum absolute atomic E-state index is 12.6. The molecule has 0 saturated heterocycles. The Morgan fingerprint density at radius 3 is 2.45 bits per heavy atom. The van der Waals surface area contributed by atoms with Crippen molar-refractivity contribution in [2.75, 3.05) is 13.7 Å². The molecule has 2 rings (SSSR count). The molecule has 0 saturated carbocycles. The molecule has 1 aromatic carbocycles. The van der Waals surface area contributed by atoms with Crippen LogP contribution in [-0.4, -0.2) is 37.7 Å². The largest absolute Gasteiger partial charge is 0.467 e. The molecule has 0 fully saturated rings. The zero-order chi connectivity index (χ0) is 21.4. The minimum Gasteiger partial charge on any atom is -0.467 e. The Morgan fingerprint density at radius 2 is 1.86 bits per heavy atom. The molecule has 0 radical (unpaired) electrons. The predicted molar refractivity (Wildman–Crippen MR) is 106 cm³/mol. The molecule has 0 aromatic heterocycles. The Hall–Kier alpha value is -3.49. The SMILES string of the molecule is COC(=O)[C@H](CNC(=O)Oc1ccc(N=O)cc1)NC(=O)C1=C(C)CCC=C1C. The highest BCUT2D eigenvalue weighted by atomic mass is 16.6. The molecule has 0 heterocycles. The van der Waals surface area contributed by atoms with Gasteiger partial charge in [-0.25, -0.2) is 9.59 Å². The lowest BCUT2D eigenvalue weighted by molar-refractivity contribution is -0.144. The third-order valence-electron chi connectivity index (χ3n) is 4.41. The highest BCUT2D eigenvalue weighted by Gasteiger charge is 2.26. The van der Waals surface area contributed by atoms with Crippen molar-refractivity contribution in [3.63, 3.8) is 0 Å². The third-order valence-corrected chi connectivity index (χ3v) is 4.41. The molecule has 1 atom stereocenters. The molecule has 154 valence electrons. The Balaban J connectivity index is 1.98. The minimum absolute atomic E-state index is 0.192. The molecule has 0 bridgehead atoms. The molecular weight excluding hydrogens is 378 g/mol. The topological polar surface area (TPSA) is 123 Å². The van der Waals surface area contributed by atoms with Gasteiger partial charge in [-0.05, 0) is 61.7 Å². The number of carbonyl (C=O) groups excluding carboxylic acids is 3. The summed E-state index contributed by atoms with van der Waals surface area (Å²) in [5.74, 6) is -0.911. The number of amides is 2. The summed E-state index contributed by atoms with van der Waals surface area (Å²) in [4.78, 5) is 47.1. The van der Waals surface area contributed by atoms with Gasteiger partial charge < -0.3 is 20.1 Å². The number of carbonyl (C=O) groups is 3.